The average molecular weight is 389 g/mol. The first-order valence-electron chi connectivity index (χ1n) is 7.35. The summed E-state index contributed by atoms with van der Waals surface area (Å²) >= 11 is 0. The Morgan fingerprint density at radius 2 is 1.81 bits per heavy atom. The van der Waals surface area contributed by atoms with Crippen LogP contribution in [-0.4, -0.2) is 28.8 Å². The molecular formula is C16H11N3O7S. The van der Waals surface area contributed by atoms with E-state index in [4.69, 9.17) is 0 Å². The maximum Gasteiger partial charge on any atom is 0.341 e. The van der Waals surface area contributed by atoms with Gasteiger partial charge in [0.25, 0.3) is 21.3 Å². The SMILES string of the molecule is O=C(O)c1cc(NS(=O)(=O)c2ccc([N+](=O)[O-])cc2)c2ccccn2c1=O. The van der Waals surface area contributed by atoms with Crippen molar-refractivity contribution in [1.82, 2.24) is 4.40 Å². The first-order valence-corrected chi connectivity index (χ1v) is 8.84. The van der Waals surface area contributed by atoms with Crippen molar-refractivity contribution >= 4 is 32.9 Å². The Labute approximate surface area is 151 Å². The Morgan fingerprint density at radius 1 is 1.15 bits per heavy atom. The van der Waals surface area contributed by atoms with Crippen molar-refractivity contribution in [2.24, 2.45) is 0 Å². The smallest absolute Gasteiger partial charge is 0.341 e. The molecule has 0 spiro atoms. The molecule has 0 amide bonds. The number of hydrogen-bond acceptors (Lipinski definition) is 6. The second-order valence-corrected chi connectivity index (χ2v) is 7.08. The number of carboxylic acids is 1. The molecule has 10 nitrogen and oxygen atoms in total. The summed E-state index contributed by atoms with van der Waals surface area (Å²) in [6.07, 6.45) is 1.31. The molecule has 1 aromatic carbocycles. The van der Waals surface area contributed by atoms with Crippen LogP contribution in [0.1, 0.15) is 10.4 Å². The molecule has 3 rings (SSSR count). The van der Waals surface area contributed by atoms with E-state index in [0.29, 0.717) is 0 Å². The first kappa shape index (κ1) is 18.1. The van der Waals surface area contributed by atoms with Gasteiger partial charge in [0.1, 0.15) is 5.56 Å². The van der Waals surface area contributed by atoms with Crippen molar-refractivity contribution in [3.8, 4) is 0 Å². The maximum atomic E-state index is 12.6. The lowest BCUT2D eigenvalue weighted by atomic mass is 10.2. The number of non-ortho nitro benzene ring substituents is 1. The minimum atomic E-state index is -4.18. The third-order valence-corrected chi connectivity index (χ3v) is 5.09. The fourth-order valence-corrected chi connectivity index (χ4v) is 3.50. The predicted octanol–water partition coefficient (Wildman–Crippen LogP) is 1.71. The predicted molar refractivity (Wildman–Crippen MR) is 94.5 cm³/mol. The standard InChI is InChI=1S/C16H11N3O7S/c20-15-12(16(21)22)9-13(14-3-1-2-8-18(14)15)17-27(25,26)11-6-4-10(5-7-11)19(23)24/h1-9,17H,(H,21,22). The van der Waals surface area contributed by atoms with Crippen LogP contribution in [0.15, 0.2) is 64.4 Å². The quantitative estimate of drug-likeness (QED) is 0.498. The van der Waals surface area contributed by atoms with Crippen LogP contribution in [0.4, 0.5) is 11.4 Å². The van der Waals surface area contributed by atoms with Crippen LogP contribution in [-0.2, 0) is 10.0 Å². The summed E-state index contributed by atoms with van der Waals surface area (Å²) in [7, 11) is -4.18. The van der Waals surface area contributed by atoms with Gasteiger partial charge in [0.2, 0.25) is 0 Å². The number of nitro benzene ring substituents is 1. The number of nitro groups is 1. The number of pyridine rings is 2. The van der Waals surface area contributed by atoms with Crippen LogP contribution in [0.2, 0.25) is 0 Å². The Bertz CT molecular complexity index is 1230. The van der Waals surface area contributed by atoms with E-state index in [1.165, 1.54) is 18.3 Å². The Morgan fingerprint density at radius 3 is 2.41 bits per heavy atom. The summed E-state index contributed by atoms with van der Waals surface area (Å²) in [5.74, 6) is -1.51. The molecule has 0 fully saturated rings. The number of hydrogen-bond donors (Lipinski definition) is 2. The number of aromatic nitrogens is 1. The molecule has 2 aromatic heterocycles. The van der Waals surface area contributed by atoms with E-state index in [2.05, 4.69) is 4.72 Å². The van der Waals surface area contributed by atoms with E-state index < -0.39 is 32.0 Å². The van der Waals surface area contributed by atoms with Crippen LogP contribution in [0.5, 0.6) is 0 Å². The Balaban J connectivity index is 2.12. The van der Waals surface area contributed by atoms with Gasteiger partial charge >= 0.3 is 5.97 Å². The highest BCUT2D eigenvalue weighted by Crippen LogP contribution is 2.22. The highest BCUT2D eigenvalue weighted by molar-refractivity contribution is 7.92. The molecule has 3 aromatic rings. The van der Waals surface area contributed by atoms with Gasteiger partial charge in [0.05, 0.1) is 21.0 Å². The van der Waals surface area contributed by atoms with Gasteiger partial charge in [-0.05, 0) is 30.3 Å². The number of sulfonamides is 1. The monoisotopic (exact) mass is 389 g/mol. The zero-order chi connectivity index (χ0) is 19.8. The normalized spacial score (nSPS) is 11.3. The third kappa shape index (κ3) is 3.35. The second kappa shape index (κ2) is 6.53. The summed E-state index contributed by atoms with van der Waals surface area (Å²) in [6.45, 7) is 0. The van der Waals surface area contributed by atoms with Crippen molar-refractivity contribution in [1.29, 1.82) is 0 Å². The number of anilines is 1. The van der Waals surface area contributed by atoms with E-state index in [-0.39, 0.29) is 21.8 Å². The molecule has 0 aliphatic rings. The molecule has 0 atom stereocenters. The molecule has 0 aliphatic heterocycles. The summed E-state index contributed by atoms with van der Waals surface area (Å²) in [6, 6.07) is 9.60. The Hall–Kier alpha value is -3.73. The molecule has 0 saturated carbocycles. The molecule has 2 N–H and O–H groups in total. The first-order chi connectivity index (χ1) is 12.7. The minimum Gasteiger partial charge on any atom is -0.477 e. The molecule has 138 valence electrons. The van der Waals surface area contributed by atoms with E-state index >= 15 is 0 Å². The fourth-order valence-electron chi connectivity index (χ4n) is 2.44. The number of carboxylic acid groups (broad SMARTS) is 1. The fraction of sp³-hybridized carbons (Fsp3) is 0. The van der Waals surface area contributed by atoms with Gasteiger partial charge < -0.3 is 5.11 Å². The van der Waals surface area contributed by atoms with Gasteiger partial charge in [-0.1, -0.05) is 6.07 Å². The number of rotatable bonds is 5. The molecule has 0 radical (unpaired) electrons. The molecule has 2 heterocycles. The van der Waals surface area contributed by atoms with Gasteiger partial charge in [0, 0.05) is 18.3 Å². The number of nitrogens with one attached hydrogen (secondary N) is 1. The largest absolute Gasteiger partial charge is 0.477 e. The number of nitrogens with zero attached hydrogens (tertiary/aromatic N) is 2. The number of carbonyl (C=O) groups is 1. The van der Waals surface area contributed by atoms with Crippen LogP contribution in [0.25, 0.3) is 5.52 Å². The van der Waals surface area contributed by atoms with E-state index in [9.17, 15) is 33.2 Å². The highest BCUT2D eigenvalue weighted by atomic mass is 32.2. The van der Waals surface area contributed by atoms with Gasteiger partial charge in [-0.3, -0.25) is 24.0 Å². The van der Waals surface area contributed by atoms with E-state index in [1.54, 1.807) is 6.07 Å². The van der Waals surface area contributed by atoms with Crippen LogP contribution < -0.4 is 10.3 Å². The lowest BCUT2D eigenvalue weighted by molar-refractivity contribution is -0.384. The summed E-state index contributed by atoms with van der Waals surface area (Å²) in [4.78, 5) is 33.3. The van der Waals surface area contributed by atoms with Crippen molar-refractivity contribution in [3.63, 3.8) is 0 Å². The maximum absolute atomic E-state index is 12.6. The Kier molecular flexibility index (Phi) is 4.37. The van der Waals surface area contributed by atoms with Gasteiger partial charge in [-0.25, -0.2) is 13.2 Å². The molecule has 0 aliphatic carbocycles. The van der Waals surface area contributed by atoms with Crippen LogP contribution >= 0.6 is 0 Å². The van der Waals surface area contributed by atoms with E-state index in [0.717, 1.165) is 34.7 Å². The van der Waals surface area contributed by atoms with Crippen molar-refractivity contribution < 1.29 is 23.2 Å². The summed E-state index contributed by atoms with van der Waals surface area (Å²) < 4.78 is 28.4. The zero-order valence-corrected chi connectivity index (χ0v) is 14.2. The summed E-state index contributed by atoms with van der Waals surface area (Å²) in [5.41, 5.74) is -1.67. The van der Waals surface area contributed by atoms with E-state index in [1.807, 2.05) is 0 Å². The van der Waals surface area contributed by atoms with Crippen molar-refractivity contribution in [2.75, 3.05) is 4.72 Å². The third-order valence-electron chi connectivity index (χ3n) is 3.71. The molecular weight excluding hydrogens is 378 g/mol. The van der Waals surface area contributed by atoms with Crippen molar-refractivity contribution in [3.05, 3.63) is 80.8 Å². The molecule has 0 unspecified atom stereocenters. The topological polar surface area (TPSA) is 148 Å². The van der Waals surface area contributed by atoms with Crippen LogP contribution in [0, 0.1) is 10.1 Å². The number of fused-ring (bicyclic) bond motifs is 1. The van der Waals surface area contributed by atoms with Gasteiger partial charge in [0.15, 0.2) is 0 Å². The molecule has 27 heavy (non-hydrogen) atoms. The number of aromatic carboxylic acids is 1. The number of benzene rings is 1. The lowest BCUT2D eigenvalue weighted by Crippen LogP contribution is -2.24. The second-order valence-electron chi connectivity index (χ2n) is 5.39. The van der Waals surface area contributed by atoms with Gasteiger partial charge in [-0.2, -0.15) is 0 Å². The zero-order valence-electron chi connectivity index (χ0n) is 13.4. The van der Waals surface area contributed by atoms with Crippen LogP contribution in [0.3, 0.4) is 0 Å². The molecule has 0 bridgehead atoms. The van der Waals surface area contributed by atoms with Crippen molar-refractivity contribution in [2.45, 2.75) is 4.90 Å². The lowest BCUT2D eigenvalue weighted by Gasteiger charge is -2.12. The summed E-state index contributed by atoms with van der Waals surface area (Å²) in [5, 5.41) is 19.9. The average Bonchev–Trinajstić information content (AvgIpc) is 2.64. The molecule has 11 heteroatoms. The highest BCUT2D eigenvalue weighted by Gasteiger charge is 2.20. The van der Waals surface area contributed by atoms with Gasteiger partial charge in [-0.15, -0.1) is 0 Å². The molecule has 0 saturated heterocycles. The minimum absolute atomic E-state index is 0.119.